The van der Waals surface area contributed by atoms with Crippen molar-refractivity contribution in [3.05, 3.63) is 50.8 Å². The van der Waals surface area contributed by atoms with E-state index in [1.54, 1.807) is 0 Å². The van der Waals surface area contributed by atoms with E-state index in [2.05, 4.69) is 10.4 Å². The summed E-state index contributed by atoms with van der Waals surface area (Å²) in [5.41, 5.74) is -0.214. The zero-order valence-corrected chi connectivity index (χ0v) is 12.6. The van der Waals surface area contributed by atoms with Gasteiger partial charge in [0.2, 0.25) is 5.91 Å². The van der Waals surface area contributed by atoms with Crippen molar-refractivity contribution in [3.8, 4) is 0 Å². The number of nitro benzene ring substituents is 1. The number of non-ortho nitro benzene ring substituents is 1. The molecule has 0 saturated heterocycles. The molecule has 0 atom stereocenters. The standard InChI is InChI=1S/C13H11ClF2N4O3/c1-7-4-11(13(15)16)18-19(7)6-12(21)17-10-5-8(20(22)23)2-3-9(10)14/h2-5,13H,6H2,1H3,(H,17,21). The topological polar surface area (TPSA) is 90.1 Å². The van der Waals surface area contributed by atoms with Crippen LogP contribution >= 0.6 is 11.6 Å². The third kappa shape index (κ3) is 4.01. The van der Waals surface area contributed by atoms with Crippen molar-refractivity contribution < 1.29 is 18.5 Å². The number of amides is 1. The molecule has 23 heavy (non-hydrogen) atoms. The van der Waals surface area contributed by atoms with Crippen LogP contribution in [-0.4, -0.2) is 20.6 Å². The lowest BCUT2D eigenvalue weighted by atomic mass is 10.2. The van der Waals surface area contributed by atoms with E-state index in [4.69, 9.17) is 11.6 Å². The number of nitrogens with zero attached hydrogens (tertiary/aromatic N) is 3. The zero-order chi connectivity index (χ0) is 17.1. The van der Waals surface area contributed by atoms with Gasteiger partial charge < -0.3 is 5.32 Å². The summed E-state index contributed by atoms with van der Waals surface area (Å²) in [6, 6.07) is 4.77. The van der Waals surface area contributed by atoms with Gasteiger partial charge in [0.05, 0.1) is 15.6 Å². The van der Waals surface area contributed by atoms with Crippen LogP contribution < -0.4 is 5.32 Å². The Balaban J connectivity index is 2.14. The van der Waals surface area contributed by atoms with Gasteiger partial charge in [-0.05, 0) is 19.1 Å². The summed E-state index contributed by atoms with van der Waals surface area (Å²) >= 11 is 5.87. The molecule has 7 nitrogen and oxygen atoms in total. The molecule has 2 rings (SSSR count). The second-order valence-corrected chi connectivity index (χ2v) is 5.05. The highest BCUT2D eigenvalue weighted by Crippen LogP contribution is 2.26. The zero-order valence-electron chi connectivity index (χ0n) is 11.8. The van der Waals surface area contributed by atoms with Gasteiger partial charge in [0.1, 0.15) is 12.2 Å². The SMILES string of the molecule is Cc1cc(C(F)F)nn1CC(=O)Nc1cc([N+](=O)[O-])ccc1Cl. The van der Waals surface area contributed by atoms with Crippen LogP contribution in [0.2, 0.25) is 5.02 Å². The highest BCUT2D eigenvalue weighted by Gasteiger charge is 2.16. The van der Waals surface area contributed by atoms with Gasteiger partial charge in [-0.25, -0.2) is 8.78 Å². The fourth-order valence-corrected chi connectivity index (χ4v) is 2.02. The number of anilines is 1. The first-order valence-corrected chi connectivity index (χ1v) is 6.72. The van der Waals surface area contributed by atoms with Crippen molar-refractivity contribution in [2.24, 2.45) is 0 Å². The van der Waals surface area contributed by atoms with Crippen LogP contribution in [0.25, 0.3) is 0 Å². The van der Waals surface area contributed by atoms with Gasteiger partial charge in [0, 0.05) is 17.8 Å². The Labute approximate surface area is 134 Å². The van der Waals surface area contributed by atoms with Gasteiger partial charge in [-0.1, -0.05) is 11.6 Å². The second kappa shape index (κ2) is 6.69. The van der Waals surface area contributed by atoms with E-state index in [0.29, 0.717) is 5.69 Å². The van der Waals surface area contributed by atoms with Crippen molar-refractivity contribution in [3.63, 3.8) is 0 Å². The molecule has 10 heteroatoms. The van der Waals surface area contributed by atoms with Gasteiger partial charge in [0.25, 0.3) is 12.1 Å². The molecule has 0 saturated carbocycles. The Bertz CT molecular complexity index is 764. The maximum Gasteiger partial charge on any atom is 0.282 e. The van der Waals surface area contributed by atoms with Crippen LogP contribution in [0.15, 0.2) is 24.3 Å². The molecule has 1 heterocycles. The van der Waals surface area contributed by atoms with Crippen molar-refractivity contribution >= 4 is 28.9 Å². The lowest BCUT2D eigenvalue weighted by Crippen LogP contribution is -2.20. The molecule has 0 aliphatic heterocycles. The minimum atomic E-state index is -2.73. The van der Waals surface area contributed by atoms with Crippen molar-refractivity contribution in [2.75, 3.05) is 5.32 Å². The fraction of sp³-hybridized carbons (Fsp3) is 0.231. The summed E-state index contributed by atoms with van der Waals surface area (Å²) in [7, 11) is 0. The molecular weight excluding hydrogens is 334 g/mol. The predicted octanol–water partition coefficient (Wildman–Crippen LogP) is 3.33. The quantitative estimate of drug-likeness (QED) is 0.665. The third-order valence-electron chi connectivity index (χ3n) is 2.95. The number of benzene rings is 1. The molecule has 122 valence electrons. The number of hydrogen-bond acceptors (Lipinski definition) is 4. The largest absolute Gasteiger partial charge is 0.323 e. The summed E-state index contributed by atoms with van der Waals surface area (Å²) in [6.07, 6.45) is -2.73. The van der Waals surface area contributed by atoms with Crippen LogP contribution in [0.1, 0.15) is 17.8 Å². The Morgan fingerprint density at radius 2 is 2.17 bits per heavy atom. The van der Waals surface area contributed by atoms with Gasteiger partial charge in [-0.2, -0.15) is 5.10 Å². The average Bonchev–Trinajstić information content (AvgIpc) is 2.82. The minimum Gasteiger partial charge on any atom is -0.323 e. The maximum absolute atomic E-state index is 12.6. The molecule has 2 aromatic rings. The second-order valence-electron chi connectivity index (χ2n) is 4.64. The summed E-state index contributed by atoms with van der Waals surface area (Å²) in [4.78, 5) is 22.0. The van der Waals surface area contributed by atoms with E-state index in [1.807, 2.05) is 0 Å². The number of alkyl halides is 2. The molecule has 1 aromatic carbocycles. The Hall–Kier alpha value is -2.55. The Kier molecular flexibility index (Phi) is 4.89. The number of halogens is 3. The van der Waals surface area contributed by atoms with Gasteiger partial charge >= 0.3 is 0 Å². The first kappa shape index (κ1) is 16.8. The van der Waals surface area contributed by atoms with Crippen molar-refractivity contribution in [1.29, 1.82) is 0 Å². The summed E-state index contributed by atoms with van der Waals surface area (Å²) < 4.78 is 26.2. The number of carbonyl (C=O) groups is 1. The van der Waals surface area contributed by atoms with Crippen LogP contribution in [0, 0.1) is 17.0 Å². The molecule has 0 aliphatic rings. The van der Waals surface area contributed by atoms with E-state index in [0.717, 1.165) is 10.7 Å². The Morgan fingerprint density at radius 3 is 2.74 bits per heavy atom. The molecule has 0 spiro atoms. The van der Waals surface area contributed by atoms with Gasteiger partial charge in [-0.3, -0.25) is 19.6 Å². The van der Waals surface area contributed by atoms with Gasteiger partial charge in [0.15, 0.2) is 0 Å². The fourth-order valence-electron chi connectivity index (χ4n) is 1.85. The molecule has 0 fully saturated rings. The van der Waals surface area contributed by atoms with Crippen molar-refractivity contribution in [1.82, 2.24) is 9.78 Å². The Morgan fingerprint density at radius 1 is 1.48 bits per heavy atom. The molecule has 0 radical (unpaired) electrons. The molecular formula is C13H11ClF2N4O3. The van der Waals surface area contributed by atoms with E-state index in [1.165, 1.54) is 25.1 Å². The lowest BCUT2D eigenvalue weighted by Gasteiger charge is -2.08. The first-order valence-electron chi connectivity index (χ1n) is 6.34. The van der Waals surface area contributed by atoms with E-state index in [9.17, 15) is 23.7 Å². The van der Waals surface area contributed by atoms with Gasteiger partial charge in [-0.15, -0.1) is 0 Å². The highest BCUT2D eigenvalue weighted by atomic mass is 35.5. The number of aryl methyl sites for hydroxylation is 1. The van der Waals surface area contributed by atoms with E-state index in [-0.39, 0.29) is 22.9 Å². The molecule has 0 unspecified atom stereocenters. The molecule has 1 aromatic heterocycles. The van der Waals surface area contributed by atoms with Crippen LogP contribution in [0.4, 0.5) is 20.2 Å². The summed E-state index contributed by atoms with van der Waals surface area (Å²) in [6.45, 7) is 1.21. The maximum atomic E-state index is 12.6. The number of hydrogen-bond donors (Lipinski definition) is 1. The van der Waals surface area contributed by atoms with E-state index < -0.39 is 22.9 Å². The number of nitrogens with one attached hydrogen (secondary N) is 1. The normalized spacial score (nSPS) is 10.8. The van der Waals surface area contributed by atoms with Crippen LogP contribution in [0.5, 0.6) is 0 Å². The van der Waals surface area contributed by atoms with Crippen molar-refractivity contribution in [2.45, 2.75) is 19.9 Å². The van der Waals surface area contributed by atoms with E-state index >= 15 is 0 Å². The third-order valence-corrected chi connectivity index (χ3v) is 3.28. The van der Waals surface area contributed by atoms with Crippen LogP contribution in [-0.2, 0) is 11.3 Å². The molecule has 1 N–H and O–H groups in total. The molecule has 0 aliphatic carbocycles. The minimum absolute atomic E-state index is 0.0600. The number of aromatic nitrogens is 2. The summed E-state index contributed by atoms with van der Waals surface area (Å²) in [5.74, 6) is -0.598. The highest BCUT2D eigenvalue weighted by molar-refractivity contribution is 6.33. The predicted molar refractivity (Wildman–Crippen MR) is 78.7 cm³/mol. The smallest absolute Gasteiger partial charge is 0.282 e. The average molecular weight is 345 g/mol. The molecule has 0 bridgehead atoms. The first-order chi connectivity index (χ1) is 10.8. The summed E-state index contributed by atoms with van der Waals surface area (Å²) in [5, 5.41) is 16.9. The number of rotatable bonds is 5. The number of carbonyl (C=O) groups excluding carboxylic acids is 1. The number of nitro groups is 1. The monoisotopic (exact) mass is 344 g/mol. The lowest BCUT2D eigenvalue weighted by molar-refractivity contribution is -0.384. The molecule has 1 amide bonds. The van der Waals surface area contributed by atoms with Crippen LogP contribution in [0.3, 0.4) is 0 Å².